The van der Waals surface area contributed by atoms with Crippen LogP contribution in [0.5, 0.6) is 0 Å². The average molecular weight is 362 g/mol. The van der Waals surface area contributed by atoms with Gasteiger partial charge in [0.2, 0.25) is 17.4 Å². The Kier molecular flexibility index (Phi) is 3.53. The molecule has 4 heterocycles. The summed E-state index contributed by atoms with van der Waals surface area (Å²) >= 11 is 0. The Balaban J connectivity index is 1.96. The largest absolute Gasteiger partial charge is 0.451 e. The summed E-state index contributed by atoms with van der Waals surface area (Å²) < 4.78 is 40.2. The van der Waals surface area contributed by atoms with Crippen molar-refractivity contribution in [2.75, 3.05) is 0 Å². The van der Waals surface area contributed by atoms with Crippen LogP contribution in [-0.2, 0) is 6.18 Å². The molecule has 4 aromatic heterocycles. The summed E-state index contributed by atoms with van der Waals surface area (Å²) in [5.41, 5.74) is 2.03. The number of imidazole rings is 2. The van der Waals surface area contributed by atoms with E-state index in [1.54, 1.807) is 16.8 Å². The Morgan fingerprint density at radius 2 is 1.96 bits per heavy atom. The third kappa shape index (κ3) is 2.61. The summed E-state index contributed by atoms with van der Waals surface area (Å²) in [5.74, 6) is -0.834. The monoisotopic (exact) mass is 362 g/mol. The minimum absolute atomic E-state index is 0.168. The molecule has 2 N–H and O–H groups in total. The SMILES string of the molecule is CC(C)c1ccn2c(-c3cnc[nH]3)c(-c3n[nH]c(C(F)(F)F)n3)nc2n1. The van der Waals surface area contributed by atoms with E-state index in [2.05, 4.69) is 30.0 Å². The number of hydrogen-bond acceptors (Lipinski definition) is 5. The quantitative estimate of drug-likeness (QED) is 0.583. The number of fused-ring (bicyclic) bond motifs is 1. The van der Waals surface area contributed by atoms with E-state index in [4.69, 9.17) is 0 Å². The molecule has 0 unspecified atom stereocenters. The molecule has 4 rings (SSSR count). The van der Waals surface area contributed by atoms with Crippen LogP contribution in [0.1, 0.15) is 31.3 Å². The number of rotatable bonds is 3. The van der Waals surface area contributed by atoms with E-state index in [0.29, 0.717) is 17.2 Å². The standard InChI is InChI=1S/C15H13F3N8/c1-7(2)8-3-4-26-11(9-5-19-6-20-9)10(22-14(26)21-8)12-23-13(25-24-12)15(16,17)18/h3-7H,1-2H3,(H,19,20)(H,23,24,25). The molecule has 26 heavy (non-hydrogen) atoms. The number of nitrogens with one attached hydrogen (secondary N) is 2. The van der Waals surface area contributed by atoms with E-state index in [9.17, 15) is 13.2 Å². The number of nitrogens with zero attached hydrogens (tertiary/aromatic N) is 6. The van der Waals surface area contributed by atoms with E-state index in [1.807, 2.05) is 25.0 Å². The van der Waals surface area contributed by atoms with E-state index >= 15 is 0 Å². The topological polar surface area (TPSA) is 100 Å². The van der Waals surface area contributed by atoms with Gasteiger partial charge in [0.15, 0.2) is 0 Å². The molecule has 0 aliphatic heterocycles. The molecule has 0 saturated carbocycles. The van der Waals surface area contributed by atoms with Gasteiger partial charge in [0.05, 0.1) is 18.2 Å². The molecule has 0 aliphatic rings. The van der Waals surface area contributed by atoms with Gasteiger partial charge in [-0.3, -0.25) is 9.50 Å². The first kappa shape index (κ1) is 16.2. The third-order valence-electron chi connectivity index (χ3n) is 3.83. The maximum atomic E-state index is 12.8. The average Bonchev–Trinajstić information content (AvgIpc) is 3.31. The van der Waals surface area contributed by atoms with Crippen LogP contribution in [0.4, 0.5) is 13.2 Å². The van der Waals surface area contributed by atoms with Gasteiger partial charge in [-0.15, -0.1) is 0 Å². The highest BCUT2D eigenvalue weighted by molar-refractivity contribution is 5.76. The molecular formula is C15H13F3N8. The number of H-pyrrole nitrogens is 2. The lowest BCUT2D eigenvalue weighted by Gasteiger charge is -2.05. The highest BCUT2D eigenvalue weighted by Crippen LogP contribution is 2.32. The molecule has 0 saturated heterocycles. The lowest BCUT2D eigenvalue weighted by atomic mass is 10.1. The summed E-state index contributed by atoms with van der Waals surface area (Å²) in [7, 11) is 0. The Morgan fingerprint density at radius 3 is 2.58 bits per heavy atom. The summed E-state index contributed by atoms with van der Waals surface area (Å²) in [5, 5.41) is 5.59. The Morgan fingerprint density at radius 1 is 1.15 bits per heavy atom. The van der Waals surface area contributed by atoms with Gasteiger partial charge in [-0.2, -0.15) is 18.3 Å². The molecule has 0 radical (unpaired) electrons. The first-order valence-corrected chi connectivity index (χ1v) is 7.72. The maximum absolute atomic E-state index is 12.8. The van der Waals surface area contributed by atoms with Crippen LogP contribution >= 0.6 is 0 Å². The van der Waals surface area contributed by atoms with Gasteiger partial charge < -0.3 is 4.98 Å². The van der Waals surface area contributed by atoms with Gasteiger partial charge in [-0.25, -0.2) is 19.9 Å². The van der Waals surface area contributed by atoms with Gasteiger partial charge in [0, 0.05) is 11.9 Å². The zero-order chi connectivity index (χ0) is 18.5. The molecular weight excluding hydrogens is 349 g/mol. The highest BCUT2D eigenvalue weighted by atomic mass is 19.4. The number of hydrogen-bond donors (Lipinski definition) is 2. The molecule has 8 nitrogen and oxygen atoms in total. The summed E-state index contributed by atoms with van der Waals surface area (Å²) in [4.78, 5) is 19.3. The van der Waals surface area contributed by atoms with Crippen molar-refractivity contribution in [2.45, 2.75) is 25.9 Å². The maximum Gasteiger partial charge on any atom is 0.451 e. The molecule has 0 aliphatic carbocycles. The second kappa shape index (κ2) is 5.64. The first-order valence-electron chi connectivity index (χ1n) is 7.72. The fraction of sp³-hybridized carbons (Fsp3) is 0.267. The molecule has 0 bridgehead atoms. The van der Waals surface area contributed by atoms with Crippen molar-refractivity contribution in [3.8, 4) is 22.9 Å². The molecule has 134 valence electrons. The number of aromatic nitrogens is 8. The van der Waals surface area contributed by atoms with Gasteiger partial charge >= 0.3 is 6.18 Å². The fourth-order valence-corrected chi connectivity index (χ4v) is 2.56. The van der Waals surface area contributed by atoms with Gasteiger partial charge in [0.1, 0.15) is 11.4 Å². The highest BCUT2D eigenvalue weighted by Gasteiger charge is 2.36. The van der Waals surface area contributed by atoms with E-state index in [-0.39, 0.29) is 17.4 Å². The van der Waals surface area contributed by atoms with Crippen LogP contribution in [0, 0.1) is 0 Å². The normalized spacial score (nSPS) is 12.4. The Hall–Kier alpha value is -3.24. The summed E-state index contributed by atoms with van der Waals surface area (Å²) in [6.07, 6.45) is 0.150. The molecule has 0 aromatic carbocycles. The minimum atomic E-state index is -4.62. The number of halogens is 3. The zero-order valence-electron chi connectivity index (χ0n) is 13.7. The van der Waals surface area contributed by atoms with Gasteiger partial charge in [-0.05, 0) is 12.0 Å². The van der Waals surface area contributed by atoms with Crippen LogP contribution in [0.3, 0.4) is 0 Å². The van der Waals surface area contributed by atoms with E-state index < -0.39 is 12.0 Å². The summed E-state index contributed by atoms with van der Waals surface area (Å²) in [6.45, 7) is 3.98. The van der Waals surface area contributed by atoms with Crippen LogP contribution in [0.15, 0.2) is 24.8 Å². The van der Waals surface area contributed by atoms with Crippen molar-refractivity contribution >= 4 is 5.78 Å². The van der Waals surface area contributed by atoms with Crippen molar-refractivity contribution in [1.29, 1.82) is 0 Å². The number of alkyl halides is 3. The van der Waals surface area contributed by atoms with Crippen molar-refractivity contribution in [3.05, 3.63) is 36.3 Å². The van der Waals surface area contributed by atoms with Crippen LogP contribution in [0.25, 0.3) is 28.7 Å². The number of aromatic amines is 2. The molecule has 0 spiro atoms. The van der Waals surface area contributed by atoms with Crippen LogP contribution in [-0.4, -0.2) is 39.5 Å². The molecule has 4 aromatic rings. The predicted molar refractivity (Wildman–Crippen MR) is 85.0 cm³/mol. The van der Waals surface area contributed by atoms with Gasteiger partial charge in [-0.1, -0.05) is 13.8 Å². The summed E-state index contributed by atoms with van der Waals surface area (Å²) in [6, 6.07) is 1.84. The zero-order valence-corrected chi connectivity index (χ0v) is 13.7. The lowest BCUT2D eigenvalue weighted by Crippen LogP contribution is -2.07. The first-order chi connectivity index (χ1) is 12.3. The second-order valence-electron chi connectivity index (χ2n) is 5.96. The van der Waals surface area contributed by atoms with Crippen LogP contribution < -0.4 is 0 Å². The lowest BCUT2D eigenvalue weighted by molar-refractivity contribution is -0.144. The fourth-order valence-electron chi connectivity index (χ4n) is 2.56. The molecule has 0 atom stereocenters. The van der Waals surface area contributed by atoms with Crippen LogP contribution in [0.2, 0.25) is 0 Å². The minimum Gasteiger partial charge on any atom is -0.343 e. The smallest absolute Gasteiger partial charge is 0.343 e. The third-order valence-corrected chi connectivity index (χ3v) is 3.83. The van der Waals surface area contributed by atoms with E-state index in [1.165, 1.54) is 6.33 Å². The Bertz CT molecular complexity index is 1060. The molecule has 11 heteroatoms. The van der Waals surface area contributed by atoms with Crippen molar-refractivity contribution in [2.24, 2.45) is 0 Å². The van der Waals surface area contributed by atoms with Crippen molar-refractivity contribution in [1.82, 2.24) is 39.5 Å². The van der Waals surface area contributed by atoms with Crippen molar-refractivity contribution in [3.63, 3.8) is 0 Å². The molecule has 0 fully saturated rings. The predicted octanol–water partition coefficient (Wildman–Crippen LogP) is 3.05. The Labute approximate surface area is 144 Å². The van der Waals surface area contributed by atoms with Gasteiger partial charge in [0.25, 0.3) is 0 Å². The second-order valence-corrected chi connectivity index (χ2v) is 5.96. The van der Waals surface area contributed by atoms with E-state index in [0.717, 1.165) is 5.69 Å². The molecule has 0 amide bonds. The van der Waals surface area contributed by atoms with Crippen molar-refractivity contribution < 1.29 is 13.2 Å².